The van der Waals surface area contributed by atoms with Gasteiger partial charge in [-0.05, 0) is 11.6 Å². The number of hydrogen-bond donors (Lipinski definition) is 4. The molecule has 0 spiro atoms. The molecule has 1 aliphatic heterocycles. The lowest BCUT2D eigenvalue weighted by molar-refractivity contribution is -0.143. The molecule has 0 saturated carbocycles. The predicted octanol–water partition coefficient (Wildman–Crippen LogP) is 0.893. The van der Waals surface area contributed by atoms with E-state index in [1.807, 2.05) is 24.3 Å². The molecular weight excluding hydrogens is 248 g/mol. The molecule has 1 aromatic carbocycles. The lowest BCUT2D eigenvalue weighted by Gasteiger charge is -2.26. The first-order chi connectivity index (χ1) is 9.08. The first-order valence-electron chi connectivity index (χ1n) is 5.89. The van der Waals surface area contributed by atoms with Crippen LogP contribution in [0, 0.1) is 0 Å². The van der Waals surface area contributed by atoms with Crippen molar-refractivity contribution in [2.75, 3.05) is 0 Å². The largest absolute Gasteiger partial charge is 0.480 e. The summed E-state index contributed by atoms with van der Waals surface area (Å²) in [6, 6.07) is 5.52. The Labute approximate surface area is 108 Å². The summed E-state index contributed by atoms with van der Waals surface area (Å²) in [6.45, 7) is 0. The van der Waals surface area contributed by atoms with Gasteiger partial charge in [0, 0.05) is 23.0 Å². The first-order valence-corrected chi connectivity index (χ1v) is 5.89. The highest BCUT2D eigenvalue weighted by Gasteiger charge is 2.36. The summed E-state index contributed by atoms with van der Waals surface area (Å²) in [4.78, 5) is 25.5. The average molecular weight is 260 g/mol. The van der Waals surface area contributed by atoms with Crippen molar-refractivity contribution in [3.63, 3.8) is 0 Å². The van der Waals surface area contributed by atoms with E-state index in [1.165, 1.54) is 0 Å². The number of benzene rings is 1. The molecule has 98 valence electrons. The summed E-state index contributed by atoms with van der Waals surface area (Å²) >= 11 is 0. The van der Waals surface area contributed by atoms with Crippen LogP contribution < -0.4 is 5.32 Å². The van der Waals surface area contributed by atoms with E-state index >= 15 is 0 Å². The van der Waals surface area contributed by atoms with Gasteiger partial charge in [0.25, 0.3) is 0 Å². The SMILES string of the molecule is O=C(O)C1Cc2c([nH]c3ccccc23)C(C(=O)O)N1. The number of fused-ring (bicyclic) bond motifs is 3. The highest BCUT2D eigenvalue weighted by Crippen LogP contribution is 2.31. The molecule has 1 aromatic heterocycles. The van der Waals surface area contributed by atoms with E-state index in [-0.39, 0.29) is 6.42 Å². The van der Waals surface area contributed by atoms with Crippen LogP contribution in [0.15, 0.2) is 24.3 Å². The van der Waals surface area contributed by atoms with E-state index in [4.69, 9.17) is 5.11 Å². The Bertz CT molecular complexity index is 676. The lowest BCUT2D eigenvalue weighted by Crippen LogP contribution is -2.47. The molecule has 4 N–H and O–H groups in total. The Morgan fingerprint density at radius 3 is 2.58 bits per heavy atom. The summed E-state index contributed by atoms with van der Waals surface area (Å²) in [5.74, 6) is -2.12. The number of aliphatic carboxylic acids is 2. The van der Waals surface area contributed by atoms with Crippen LogP contribution in [-0.4, -0.2) is 33.2 Å². The Morgan fingerprint density at radius 1 is 1.16 bits per heavy atom. The zero-order valence-electron chi connectivity index (χ0n) is 9.88. The topological polar surface area (TPSA) is 102 Å². The van der Waals surface area contributed by atoms with Gasteiger partial charge < -0.3 is 15.2 Å². The predicted molar refractivity (Wildman–Crippen MR) is 66.9 cm³/mol. The highest BCUT2D eigenvalue weighted by molar-refractivity contribution is 5.90. The Morgan fingerprint density at radius 2 is 1.89 bits per heavy atom. The molecule has 0 radical (unpaired) electrons. The van der Waals surface area contributed by atoms with E-state index in [2.05, 4.69) is 10.3 Å². The number of hydrogen-bond acceptors (Lipinski definition) is 3. The summed E-state index contributed by atoms with van der Waals surface area (Å²) in [7, 11) is 0. The molecule has 0 fully saturated rings. The molecule has 1 aliphatic rings. The van der Waals surface area contributed by atoms with Gasteiger partial charge in [0.1, 0.15) is 12.1 Å². The van der Waals surface area contributed by atoms with Gasteiger partial charge >= 0.3 is 11.9 Å². The fourth-order valence-corrected chi connectivity index (χ4v) is 2.59. The number of carboxylic acid groups (broad SMARTS) is 2. The Kier molecular flexibility index (Phi) is 2.53. The molecule has 0 amide bonds. The van der Waals surface area contributed by atoms with Crippen LogP contribution in [0.3, 0.4) is 0 Å². The van der Waals surface area contributed by atoms with E-state index < -0.39 is 24.0 Å². The first kappa shape index (κ1) is 11.7. The molecule has 0 bridgehead atoms. The molecule has 19 heavy (non-hydrogen) atoms. The van der Waals surface area contributed by atoms with Crippen LogP contribution in [0.2, 0.25) is 0 Å². The second-order valence-corrected chi connectivity index (χ2v) is 4.60. The molecule has 2 atom stereocenters. The minimum Gasteiger partial charge on any atom is -0.480 e. The van der Waals surface area contributed by atoms with Crippen molar-refractivity contribution >= 4 is 22.8 Å². The molecule has 3 rings (SSSR count). The van der Waals surface area contributed by atoms with Gasteiger partial charge in [0.2, 0.25) is 0 Å². The van der Waals surface area contributed by atoms with Crippen molar-refractivity contribution in [1.82, 2.24) is 10.3 Å². The number of H-pyrrole nitrogens is 1. The maximum Gasteiger partial charge on any atom is 0.326 e. The van der Waals surface area contributed by atoms with E-state index in [0.29, 0.717) is 5.69 Å². The fourth-order valence-electron chi connectivity index (χ4n) is 2.59. The van der Waals surface area contributed by atoms with Crippen molar-refractivity contribution in [2.45, 2.75) is 18.5 Å². The van der Waals surface area contributed by atoms with Crippen molar-refractivity contribution in [2.24, 2.45) is 0 Å². The molecule has 2 aromatic rings. The molecule has 0 saturated heterocycles. The Hall–Kier alpha value is -2.34. The maximum absolute atomic E-state index is 11.3. The van der Waals surface area contributed by atoms with Crippen LogP contribution >= 0.6 is 0 Å². The summed E-state index contributed by atoms with van der Waals surface area (Å²) < 4.78 is 0. The molecule has 6 heteroatoms. The van der Waals surface area contributed by atoms with E-state index in [0.717, 1.165) is 16.5 Å². The number of aromatic nitrogens is 1. The normalized spacial score (nSPS) is 22.1. The molecule has 2 unspecified atom stereocenters. The number of aromatic amines is 1. The minimum absolute atomic E-state index is 0.276. The van der Waals surface area contributed by atoms with Crippen molar-refractivity contribution in [3.8, 4) is 0 Å². The number of carbonyl (C=O) groups is 2. The van der Waals surface area contributed by atoms with Crippen molar-refractivity contribution in [1.29, 1.82) is 0 Å². The van der Waals surface area contributed by atoms with Crippen molar-refractivity contribution in [3.05, 3.63) is 35.5 Å². The molecular formula is C13H12N2O4. The average Bonchev–Trinajstić information content (AvgIpc) is 2.75. The smallest absolute Gasteiger partial charge is 0.326 e. The number of nitrogens with one attached hydrogen (secondary N) is 2. The number of rotatable bonds is 2. The zero-order chi connectivity index (χ0) is 13.6. The monoisotopic (exact) mass is 260 g/mol. The quantitative estimate of drug-likeness (QED) is 0.642. The van der Waals surface area contributed by atoms with Gasteiger partial charge in [-0.2, -0.15) is 0 Å². The second-order valence-electron chi connectivity index (χ2n) is 4.60. The summed E-state index contributed by atoms with van der Waals surface area (Å²) in [5, 5.41) is 21.9. The lowest BCUT2D eigenvalue weighted by atomic mass is 9.94. The van der Waals surface area contributed by atoms with E-state index in [1.54, 1.807) is 0 Å². The maximum atomic E-state index is 11.3. The molecule has 0 aliphatic carbocycles. The number of para-hydroxylation sites is 1. The van der Waals surface area contributed by atoms with Crippen LogP contribution in [-0.2, 0) is 16.0 Å². The highest BCUT2D eigenvalue weighted by atomic mass is 16.4. The van der Waals surface area contributed by atoms with Gasteiger partial charge in [-0.3, -0.25) is 14.9 Å². The summed E-state index contributed by atoms with van der Waals surface area (Å²) in [5.41, 5.74) is 2.15. The van der Waals surface area contributed by atoms with E-state index in [9.17, 15) is 14.7 Å². The Balaban J connectivity index is 2.19. The molecule has 2 heterocycles. The van der Waals surface area contributed by atoms with Crippen molar-refractivity contribution < 1.29 is 19.8 Å². The van der Waals surface area contributed by atoms with Gasteiger partial charge in [0.15, 0.2) is 0 Å². The van der Waals surface area contributed by atoms with Crippen LogP contribution in [0.5, 0.6) is 0 Å². The van der Waals surface area contributed by atoms with Gasteiger partial charge in [0.05, 0.1) is 0 Å². The summed E-state index contributed by atoms with van der Waals surface area (Å²) in [6.07, 6.45) is 0.276. The zero-order valence-corrected chi connectivity index (χ0v) is 9.88. The standard InChI is InChI=1S/C13H12N2O4/c16-12(17)9-5-7-6-3-1-2-4-8(6)14-10(7)11(15-9)13(18)19/h1-4,9,11,14-15H,5H2,(H,16,17)(H,18,19). The van der Waals surface area contributed by atoms with Crippen LogP contribution in [0.25, 0.3) is 10.9 Å². The van der Waals surface area contributed by atoms with Crippen LogP contribution in [0.1, 0.15) is 17.3 Å². The second kappa shape index (κ2) is 4.10. The third-order valence-corrected chi connectivity index (χ3v) is 3.46. The van der Waals surface area contributed by atoms with Gasteiger partial charge in [-0.1, -0.05) is 18.2 Å². The van der Waals surface area contributed by atoms with Gasteiger partial charge in [-0.25, -0.2) is 0 Å². The fraction of sp³-hybridized carbons (Fsp3) is 0.231. The van der Waals surface area contributed by atoms with Gasteiger partial charge in [-0.15, -0.1) is 0 Å². The number of carboxylic acids is 2. The molecule has 6 nitrogen and oxygen atoms in total. The third kappa shape index (κ3) is 1.77. The third-order valence-electron chi connectivity index (χ3n) is 3.46. The minimum atomic E-state index is -1.08. The van der Waals surface area contributed by atoms with Crippen LogP contribution in [0.4, 0.5) is 0 Å².